The van der Waals surface area contributed by atoms with E-state index in [9.17, 15) is 4.79 Å². The molecule has 6 nitrogen and oxygen atoms in total. The molecule has 0 saturated heterocycles. The number of rotatable bonds is 7. The third-order valence-electron chi connectivity index (χ3n) is 8.41. The van der Waals surface area contributed by atoms with E-state index < -0.39 is 5.60 Å². The van der Waals surface area contributed by atoms with Gasteiger partial charge in [0.2, 0.25) is 5.60 Å². The van der Waals surface area contributed by atoms with E-state index in [1.54, 1.807) is 25.4 Å². The molecule has 1 fully saturated rings. The van der Waals surface area contributed by atoms with Gasteiger partial charge in [0.25, 0.3) is 0 Å². The quantitative estimate of drug-likeness (QED) is 0.277. The first-order valence-corrected chi connectivity index (χ1v) is 13.8. The summed E-state index contributed by atoms with van der Waals surface area (Å²) in [6.45, 7) is 5.99. The van der Waals surface area contributed by atoms with Gasteiger partial charge in [-0.1, -0.05) is 37.5 Å². The fraction of sp³-hybridized carbons (Fsp3) is 0.375. The second-order valence-corrected chi connectivity index (χ2v) is 10.5. The highest BCUT2D eigenvalue weighted by Gasteiger charge is 2.53. The van der Waals surface area contributed by atoms with E-state index in [1.807, 2.05) is 24.3 Å². The van der Waals surface area contributed by atoms with Gasteiger partial charge in [-0.3, -0.25) is 4.98 Å². The second kappa shape index (κ2) is 9.82. The lowest BCUT2D eigenvalue weighted by molar-refractivity contribution is 0.0239. The van der Waals surface area contributed by atoms with Crippen LogP contribution in [-0.4, -0.2) is 29.2 Å². The SMILES string of the molecule is CCn1c(C)c(C2(c3ccc(NCC4CCCCC4)cc3OC)OC(=O)c3cccnc32)c2ccccc21. The Balaban J connectivity index is 1.54. The maximum absolute atomic E-state index is 13.4. The van der Waals surface area contributed by atoms with Gasteiger partial charge in [0.15, 0.2) is 0 Å². The first-order chi connectivity index (χ1) is 18.6. The standard InChI is InChI=1S/C32H35N3O3/c1-4-35-21(2)29(24-13-8-9-15-27(24)35)32(30-25(31(36)38-32)14-10-18-33-30)26-17-16-23(19-28(26)37-3)34-20-22-11-6-5-7-12-22/h8-10,13-19,22,34H,4-7,11-12,20H2,1-3H3. The topological polar surface area (TPSA) is 65.4 Å². The van der Waals surface area contributed by atoms with E-state index in [1.165, 1.54) is 32.1 Å². The summed E-state index contributed by atoms with van der Waals surface area (Å²) in [5, 5.41) is 4.68. The molecule has 0 bridgehead atoms. The predicted octanol–water partition coefficient (Wildman–Crippen LogP) is 6.83. The first-order valence-electron chi connectivity index (χ1n) is 13.8. The Morgan fingerprint density at radius 1 is 1.11 bits per heavy atom. The van der Waals surface area contributed by atoms with Crippen LogP contribution in [0, 0.1) is 12.8 Å². The number of benzene rings is 2. The molecule has 1 unspecified atom stereocenters. The zero-order valence-corrected chi connectivity index (χ0v) is 22.4. The van der Waals surface area contributed by atoms with E-state index in [-0.39, 0.29) is 5.97 Å². The average Bonchev–Trinajstić information content (AvgIpc) is 3.42. The summed E-state index contributed by atoms with van der Waals surface area (Å²) in [6.07, 6.45) is 8.29. The monoisotopic (exact) mass is 509 g/mol. The number of methoxy groups -OCH3 is 1. The van der Waals surface area contributed by atoms with Gasteiger partial charge in [-0.05, 0) is 62.9 Å². The fourth-order valence-electron chi connectivity index (χ4n) is 6.61. The summed E-state index contributed by atoms with van der Waals surface area (Å²) >= 11 is 0. The molecule has 3 heterocycles. The number of aryl methyl sites for hydroxylation is 1. The number of cyclic esters (lactones) is 1. The van der Waals surface area contributed by atoms with Crippen molar-refractivity contribution in [3.8, 4) is 5.75 Å². The molecule has 1 atom stereocenters. The molecule has 0 radical (unpaired) electrons. The molecule has 2 aromatic heterocycles. The van der Waals surface area contributed by atoms with Gasteiger partial charge in [-0.15, -0.1) is 0 Å². The number of esters is 1. The number of fused-ring (bicyclic) bond motifs is 2. The number of hydrogen-bond acceptors (Lipinski definition) is 5. The van der Waals surface area contributed by atoms with Gasteiger partial charge in [-0.2, -0.15) is 0 Å². The van der Waals surface area contributed by atoms with Crippen LogP contribution in [0.1, 0.15) is 71.9 Å². The Morgan fingerprint density at radius 3 is 2.71 bits per heavy atom. The molecular weight excluding hydrogens is 474 g/mol. The highest BCUT2D eigenvalue weighted by Crippen LogP contribution is 2.52. The van der Waals surface area contributed by atoms with E-state index in [0.717, 1.165) is 46.5 Å². The molecule has 0 spiro atoms. The van der Waals surface area contributed by atoms with E-state index in [4.69, 9.17) is 14.5 Å². The van der Waals surface area contributed by atoms with Crippen LogP contribution < -0.4 is 10.1 Å². The van der Waals surface area contributed by atoms with Crippen LogP contribution in [0.15, 0.2) is 60.8 Å². The van der Waals surface area contributed by atoms with Crippen LogP contribution in [0.4, 0.5) is 5.69 Å². The molecule has 0 amide bonds. The molecule has 4 aromatic rings. The van der Waals surface area contributed by atoms with Crippen LogP contribution in [-0.2, 0) is 16.9 Å². The van der Waals surface area contributed by atoms with Gasteiger partial charge >= 0.3 is 5.97 Å². The van der Waals surface area contributed by atoms with Crippen molar-refractivity contribution >= 4 is 22.6 Å². The minimum atomic E-state index is -1.23. The Morgan fingerprint density at radius 2 is 1.92 bits per heavy atom. The Hall–Kier alpha value is -3.80. The van der Waals surface area contributed by atoms with Crippen LogP contribution in [0.25, 0.3) is 10.9 Å². The van der Waals surface area contributed by atoms with Gasteiger partial charge in [0.05, 0.1) is 12.7 Å². The van der Waals surface area contributed by atoms with Crippen molar-refractivity contribution in [2.45, 2.75) is 58.1 Å². The molecular formula is C32H35N3O3. The number of ether oxygens (including phenoxy) is 2. The number of carbonyl (C=O) groups is 1. The molecule has 6 rings (SSSR count). The zero-order chi connectivity index (χ0) is 26.3. The van der Waals surface area contributed by atoms with Crippen LogP contribution in [0.2, 0.25) is 0 Å². The molecule has 196 valence electrons. The lowest BCUT2D eigenvalue weighted by atomic mass is 9.80. The molecule has 1 N–H and O–H groups in total. The van der Waals surface area contributed by atoms with E-state index in [0.29, 0.717) is 22.9 Å². The highest BCUT2D eigenvalue weighted by molar-refractivity contribution is 5.98. The minimum absolute atomic E-state index is 0.373. The van der Waals surface area contributed by atoms with Crippen molar-refractivity contribution in [2.24, 2.45) is 5.92 Å². The van der Waals surface area contributed by atoms with Crippen molar-refractivity contribution in [1.82, 2.24) is 9.55 Å². The second-order valence-electron chi connectivity index (χ2n) is 10.5. The largest absolute Gasteiger partial charge is 0.496 e. The number of aromatic nitrogens is 2. The summed E-state index contributed by atoms with van der Waals surface area (Å²) in [6, 6.07) is 18.0. The number of carbonyl (C=O) groups excluding carboxylic acids is 1. The average molecular weight is 510 g/mol. The number of pyridine rings is 1. The van der Waals surface area contributed by atoms with Crippen LogP contribution in [0.5, 0.6) is 5.75 Å². The normalized spacial score (nSPS) is 19.4. The number of nitrogens with zero attached hydrogens (tertiary/aromatic N) is 2. The lowest BCUT2D eigenvalue weighted by Gasteiger charge is -2.31. The minimum Gasteiger partial charge on any atom is -0.496 e. The maximum Gasteiger partial charge on any atom is 0.341 e. The summed E-state index contributed by atoms with van der Waals surface area (Å²) in [5.41, 5.74) is 4.72. The Bertz CT molecular complexity index is 1500. The summed E-state index contributed by atoms with van der Waals surface area (Å²) in [5.74, 6) is 0.996. The molecule has 1 saturated carbocycles. The summed E-state index contributed by atoms with van der Waals surface area (Å²) in [7, 11) is 1.68. The lowest BCUT2D eigenvalue weighted by Crippen LogP contribution is -2.32. The number of para-hydroxylation sites is 1. The van der Waals surface area contributed by atoms with Crippen molar-refractivity contribution in [1.29, 1.82) is 0 Å². The molecule has 38 heavy (non-hydrogen) atoms. The van der Waals surface area contributed by atoms with Crippen LogP contribution in [0.3, 0.4) is 0 Å². The third-order valence-corrected chi connectivity index (χ3v) is 8.41. The van der Waals surface area contributed by atoms with Crippen molar-refractivity contribution in [3.05, 3.63) is 88.9 Å². The smallest absolute Gasteiger partial charge is 0.341 e. The summed E-state index contributed by atoms with van der Waals surface area (Å²) in [4.78, 5) is 18.1. The van der Waals surface area contributed by atoms with Crippen LogP contribution >= 0.6 is 0 Å². The maximum atomic E-state index is 13.4. The Kier molecular flexibility index (Phi) is 6.34. The number of anilines is 1. The van der Waals surface area contributed by atoms with Gasteiger partial charge < -0.3 is 19.4 Å². The molecule has 2 aliphatic rings. The van der Waals surface area contributed by atoms with E-state index >= 15 is 0 Å². The fourth-order valence-corrected chi connectivity index (χ4v) is 6.61. The number of hydrogen-bond donors (Lipinski definition) is 1. The highest BCUT2D eigenvalue weighted by atomic mass is 16.6. The third kappa shape index (κ3) is 3.77. The first kappa shape index (κ1) is 24.5. The van der Waals surface area contributed by atoms with Gasteiger partial charge in [0.1, 0.15) is 11.4 Å². The Labute approximate surface area is 224 Å². The van der Waals surface area contributed by atoms with Gasteiger partial charge in [0, 0.05) is 58.8 Å². The van der Waals surface area contributed by atoms with Crippen molar-refractivity contribution < 1.29 is 14.3 Å². The van der Waals surface area contributed by atoms with E-state index in [2.05, 4.69) is 41.9 Å². The molecule has 2 aromatic carbocycles. The number of nitrogens with one attached hydrogen (secondary N) is 1. The summed E-state index contributed by atoms with van der Waals surface area (Å²) < 4.78 is 14.7. The molecule has 6 heteroatoms. The van der Waals surface area contributed by atoms with Gasteiger partial charge in [-0.25, -0.2) is 4.79 Å². The van der Waals surface area contributed by atoms with Crippen molar-refractivity contribution in [3.63, 3.8) is 0 Å². The zero-order valence-electron chi connectivity index (χ0n) is 22.4. The molecule has 1 aliphatic carbocycles. The molecule has 1 aliphatic heterocycles. The predicted molar refractivity (Wildman–Crippen MR) is 150 cm³/mol. The van der Waals surface area contributed by atoms with Crippen molar-refractivity contribution in [2.75, 3.05) is 19.0 Å².